The highest BCUT2D eigenvalue weighted by Gasteiger charge is 2.43. The van der Waals surface area contributed by atoms with Crippen LogP contribution in [0.3, 0.4) is 0 Å². The minimum atomic E-state index is -0.825. The fourth-order valence-corrected chi connectivity index (χ4v) is 2.06. The van der Waals surface area contributed by atoms with E-state index < -0.39 is 5.72 Å². The molecule has 0 bridgehead atoms. The second kappa shape index (κ2) is 3.71. The first-order chi connectivity index (χ1) is 8.31. The van der Waals surface area contributed by atoms with Crippen molar-refractivity contribution in [3.8, 4) is 0 Å². The van der Waals surface area contributed by atoms with Gasteiger partial charge in [0, 0.05) is 18.0 Å². The summed E-state index contributed by atoms with van der Waals surface area (Å²) in [5.41, 5.74) is 2.50. The lowest BCUT2D eigenvalue weighted by molar-refractivity contribution is -0.127. The summed E-state index contributed by atoms with van der Waals surface area (Å²) < 4.78 is 1.79. The van der Waals surface area contributed by atoms with E-state index in [4.69, 9.17) is 4.84 Å². The molecule has 0 aliphatic carbocycles. The fourth-order valence-electron chi connectivity index (χ4n) is 2.06. The zero-order valence-corrected chi connectivity index (χ0v) is 9.04. The topological polar surface area (TPSA) is 56.2 Å². The SMILES string of the molecule is O=C1CC(c2ccccc2)(n2ccnc2)ON1. The van der Waals surface area contributed by atoms with Gasteiger partial charge in [-0.15, -0.1) is 0 Å². The molecule has 1 aromatic heterocycles. The maximum atomic E-state index is 11.5. The van der Waals surface area contributed by atoms with E-state index in [1.54, 1.807) is 23.3 Å². The first-order valence-electron chi connectivity index (χ1n) is 5.32. The number of rotatable bonds is 2. The smallest absolute Gasteiger partial charge is 0.248 e. The third kappa shape index (κ3) is 1.52. The molecule has 86 valence electrons. The largest absolute Gasteiger partial charge is 0.302 e. The maximum absolute atomic E-state index is 11.5. The van der Waals surface area contributed by atoms with Crippen molar-refractivity contribution >= 4 is 5.91 Å². The summed E-state index contributed by atoms with van der Waals surface area (Å²) in [5, 5.41) is 0. The van der Waals surface area contributed by atoms with Gasteiger partial charge in [-0.1, -0.05) is 30.3 Å². The minimum absolute atomic E-state index is 0.137. The Morgan fingerprint density at radius 1 is 1.35 bits per heavy atom. The van der Waals surface area contributed by atoms with Gasteiger partial charge in [0.15, 0.2) is 0 Å². The molecule has 2 heterocycles. The van der Waals surface area contributed by atoms with E-state index in [0.29, 0.717) is 0 Å². The predicted molar refractivity (Wildman–Crippen MR) is 59.6 cm³/mol. The van der Waals surface area contributed by atoms with Crippen molar-refractivity contribution < 1.29 is 9.63 Å². The molecule has 2 aromatic rings. The third-order valence-corrected chi connectivity index (χ3v) is 2.88. The average molecular weight is 229 g/mol. The highest BCUT2D eigenvalue weighted by atomic mass is 16.7. The molecule has 1 atom stereocenters. The molecule has 5 nitrogen and oxygen atoms in total. The van der Waals surface area contributed by atoms with E-state index in [9.17, 15) is 4.79 Å². The standard InChI is InChI=1S/C12H11N3O2/c16-11-8-12(17-14-11,15-7-6-13-9-15)10-4-2-1-3-5-10/h1-7,9H,8H2,(H,14,16). The van der Waals surface area contributed by atoms with E-state index in [0.717, 1.165) is 5.56 Å². The van der Waals surface area contributed by atoms with Crippen LogP contribution in [0.15, 0.2) is 49.1 Å². The average Bonchev–Trinajstić information content (AvgIpc) is 3.00. The van der Waals surface area contributed by atoms with E-state index in [-0.39, 0.29) is 12.3 Å². The van der Waals surface area contributed by atoms with Gasteiger partial charge >= 0.3 is 0 Å². The molecular weight excluding hydrogens is 218 g/mol. The number of hydroxylamine groups is 1. The second-order valence-corrected chi connectivity index (χ2v) is 3.92. The Hall–Kier alpha value is -2.14. The molecule has 3 rings (SSSR count). The molecule has 1 N–H and O–H groups in total. The third-order valence-electron chi connectivity index (χ3n) is 2.88. The van der Waals surface area contributed by atoms with Crippen molar-refractivity contribution in [2.45, 2.75) is 12.1 Å². The molecule has 1 fully saturated rings. The Kier molecular flexibility index (Phi) is 2.19. The van der Waals surface area contributed by atoms with Crippen LogP contribution in [0.2, 0.25) is 0 Å². The van der Waals surface area contributed by atoms with Crippen LogP contribution < -0.4 is 5.48 Å². The first kappa shape index (κ1) is 10.0. The molecule has 1 amide bonds. The molecule has 1 aliphatic rings. The second-order valence-electron chi connectivity index (χ2n) is 3.92. The number of hydrogen-bond donors (Lipinski definition) is 1. The van der Waals surface area contributed by atoms with Crippen molar-refractivity contribution in [3.05, 3.63) is 54.6 Å². The van der Waals surface area contributed by atoms with Crippen LogP contribution in [0.4, 0.5) is 0 Å². The van der Waals surface area contributed by atoms with Gasteiger partial charge in [-0.25, -0.2) is 15.3 Å². The first-order valence-corrected chi connectivity index (χ1v) is 5.32. The van der Waals surface area contributed by atoms with Crippen molar-refractivity contribution in [1.82, 2.24) is 15.0 Å². The van der Waals surface area contributed by atoms with E-state index in [1.807, 2.05) is 30.3 Å². The Labute approximate surface area is 98.0 Å². The number of benzene rings is 1. The zero-order valence-electron chi connectivity index (χ0n) is 9.04. The van der Waals surface area contributed by atoms with Gasteiger partial charge in [-0.2, -0.15) is 0 Å². The number of nitrogens with zero attached hydrogens (tertiary/aromatic N) is 2. The number of carbonyl (C=O) groups excluding carboxylic acids is 1. The number of carbonyl (C=O) groups is 1. The monoisotopic (exact) mass is 229 g/mol. The van der Waals surface area contributed by atoms with Crippen molar-refractivity contribution in [3.63, 3.8) is 0 Å². The number of aromatic nitrogens is 2. The summed E-state index contributed by atoms with van der Waals surface area (Å²) in [6.45, 7) is 0. The Morgan fingerprint density at radius 2 is 2.18 bits per heavy atom. The summed E-state index contributed by atoms with van der Waals surface area (Å²) in [5.74, 6) is -0.137. The lowest BCUT2D eigenvalue weighted by Gasteiger charge is -2.27. The molecule has 5 heteroatoms. The number of amides is 1. The summed E-state index contributed by atoms with van der Waals surface area (Å²) in [6.07, 6.45) is 5.34. The quantitative estimate of drug-likeness (QED) is 0.837. The van der Waals surface area contributed by atoms with Crippen LogP contribution in [0.5, 0.6) is 0 Å². The fraction of sp³-hybridized carbons (Fsp3) is 0.167. The van der Waals surface area contributed by atoms with E-state index >= 15 is 0 Å². The van der Waals surface area contributed by atoms with Gasteiger partial charge in [0.05, 0.1) is 12.7 Å². The number of hydrogen-bond acceptors (Lipinski definition) is 3. The van der Waals surface area contributed by atoms with Crippen LogP contribution >= 0.6 is 0 Å². The zero-order chi connectivity index (χ0) is 11.7. The van der Waals surface area contributed by atoms with Gasteiger partial charge < -0.3 is 4.57 Å². The van der Waals surface area contributed by atoms with Crippen LogP contribution in [-0.2, 0) is 15.4 Å². The molecule has 0 spiro atoms. The minimum Gasteiger partial charge on any atom is -0.302 e. The number of nitrogens with one attached hydrogen (secondary N) is 1. The summed E-state index contributed by atoms with van der Waals surface area (Å²) in [7, 11) is 0. The molecule has 1 aromatic carbocycles. The van der Waals surface area contributed by atoms with Crippen molar-refractivity contribution in [2.75, 3.05) is 0 Å². The summed E-state index contributed by atoms with van der Waals surface area (Å²) in [4.78, 5) is 21.0. The van der Waals surface area contributed by atoms with Crippen molar-refractivity contribution in [2.24, 2.45) is 0 Å². The summed E-state index contributed by atoms with van der Waals surface area (Å²) >= 11 is 0. The number of imidazole rings is 1. The Balaban J connectivity index is 2.13. The van der Waals surface area contributed by atoms with Crippen molar-refractivity contribution in [1.29, 1.82) is 0 Å². The Morgan fingerprint density at radius 3 is 2.76 bits per heavy atom. The van der Waals surface area contributed by atoms with Gasteiger partial charge in [0.25, 0.3) is 0 Å². The highest BCUT2D eigenvalue weighted by Crippen LogP contribution is 2.33. The molecule has 1 unspecified atom stereocenters. The maximum Gasteiger partial charge on any atom is 0.248 e. The van der Waals surface area contributed by atoms with Crippen LogP contribution in [0.25, 0.3) is 0 Å². The van der Waals surface area contributed by atoms with E-state index in [2.05, 4.69) is 10.5 Å². The Bertz CT molecular complexity index is 524. The van der Waals surface area contributed by atoms with Crippen LogP contribution in [0, 0.1) is 0 Å². The normalized spacial score (nSPS) is 23.6. The van der Waals surface area contributed by atoms with Gasteiger partial charge in [-0.05, 0) is 0 Å². The molecule has 1 saturated heterocycles. The molecule has 0 radical (unpaired) electrons. The predicted octanol–water partition coefficient (Wildman–Crippen LogP) is 1.04. The summed E-state index contributed by atoms with van der Waals surface area (Å²) in [6, 6.07) is 9.62. The lowest BCUT2D eigenvalue weighted by Crippen LogP contribution is -2.34. The molecular formula is C12H11N3O2. The van der Waals surface area contributed by atoms with Gasteiger partial charge in [0.2, 0.25) is 11.6 Å². The highest BCUT2D eigenvalue weighted by molar-refractivity contribution is 5.78. The lowest BCUT2D eigenvalue weighted by atomic mass is 9.99. The molecule has 0 saturated carbocycles. The van der Waals surface area contributed by atoms with E-state index in [1.165, 1.54) is 0 Å². The molecule has 17 heavy (non-hydrogen) atoms. The van der Waals surface area contributed by atoms with Crippen LogP contribution in [0.1, 0.15) is 12.0 Å². The molecule has 1 aliphatic heterocycles. The van der Waals surface area contributed by atoms with Gasteiger partial charge in [0.1, 0.15) is 0 Å². The van der Waals surface area contributed by atoms with Crippen LogP contribution in [-0.4, -0.2) is 15.5 Å². The van der Waals surface area contributed by atoms with Gasteiger partial charge in [-0.3, -0.25) is 4.79 Å².